The van der Waals surface area contributed by atoms with Crippen LogP contribution in [0.25, 0.3) is 11.3 Å². The molecule has 3 heterocycles. The maximum absolute atomic E-state index is 14.4. The second-order valence-corrected chi connectivity index (χ2v) is 12.1. The number of aromatic nitrogens is 3. The SMILES string of the molecule is CN(c1ccc([C@H]2CN(c3nc(-c4ccncc4F)cc(=O)n3C)CCO2)cc1)C1C2CC3CC(C2)CC1C3. The summed E-state index contributed by atoms with van der Waals surface area (Å²) in [6, 6.07) is 12.4. The first-order chi connectivity index (χ1) is 18.9. The van der Waals surface area contributed by atoms with E-state index >= 15 is 0 Å². The highest BCUT2D eigenvalue weighted by Gasteiger charge is 2.49. The summed E-state index contributed by atoms with van der Waals surface area (Å²) in [6.07, 6.45) is 9.64. The third kappa shape index (κ3) is 4.42. The normalized spacial score (nSPS) is 29.6. The molecule has 2 aromatic heterocycles. The van der Waals surface area contributed by atoms with Crippen molar-refractivity contribution in [3.8, 4) is 11.3 Å². The molecule has 3 aromatic rings. The molecule has 0 spiro atoms. The summed E-state index contributed by atoms with van der Waals surface area (Å²) in [5, 5.41) is 0. The molecule has 4 aliphatic carbocycles. The van der Waals surface area contributed by atoms with Gasteiger partial charge < -0.3 is 14.5 Å². The van der Waals surface area contributed by atoms with Crippen LogP contribution in [-0.2, 0) is 11.8 Å². The van der Waals surface area contributed by atoms with E-state index in [2.05, 4.69) is 46.1 Å². The lowest BCUT2D eigenvalue weighted by Crippen LogP contribution is -2.55. The van der Waals surface area contributed by atoms with Gasteiger partial charge in [0.15, 0.2) is 5.82 Å². The Balaban J connectivity index is 1.09. The van der Waals surface area contributed by atoms with E-state index in [0.29, 0.717) is 37.4 Å². The molecular formula is C31H36FN5O2. The summed E-state index contributed by atoms with van der Waals surface area (Å²) in [5.41, 5.74) is 2.75. The van der Waals surface area contributed by atoms with Crippen LogP contribution in [0.2, 0.25) is 0 Å². The van der Waals surface area contributed by atoms with Gasteiger partial charge in [-0.15, -0.1) is 0 Å². The Hall–Kier alpha value is -3.26. The number of morpholine rings is 1. The van der Waals surface area contributed by atoms with Gasteiger partial charge in [-0.25, -0.2) is 9.37 Å². The lowest BCUT2D eigenvalue weighted by atomic mass is 9.54. The Bertz CT molecular complexity index is 1400. The maximum Gasteiger partial charge on any atom is 0.255 e. The van der Waals surface area contributed by atoms with Crippen molar-refractivity contribution in [2.45, 2.75) is 44.2 Å². The average Bonchev–Trinajstić information content (AvgIpc) is 2.94. The van der Waals surface area contributed by atoms with Gasteiger partial charge in [-0.2, -0.15) is 0 Å². The second-order valence-electron chi connectivity index (χ2n) is 12.1. The van der Waals surface area contributed by atoms with Crippen LogP contribution in [0.15, 0.2) is 53.6 Å². The fraction of sp³-hybridized carbons (Fsp3) is 0.516. The first-order valence-corrected chi connectivity index (χ1v) is 14.3. The van der Waals surface area contributed by atoms with Crippen LogP contribution < -0.4 is 15.4 Å². The fourth-order valence-electron chi connectivity index (χ4n) is 8.19. The Labute approximate surface area is 228 Å². The molecule has 8 heteroatoms. The fourth-order valence-corrected chi connectivity index (χ4v) is 8.19. The quantitative estimate of drug-likeness (QED) is 0.472. The van der Waals surface area contributed by atoms with Crippen molar-refractivity contribution in [3.05, 3.63) is 70.5 Å². The Morgan fingerprint density at radius 3 is 2.44 bits per heavy atom. The van der Waals surface area contributed by atoms with E-state index in [0.717, 1.165) is 35.4 Å². The minimum Gasteiger partial charge on any atom is -0.371 e. The Kier molecular flexibility index (Phi) is 6.18. The predicted molar refractivity (Wildman–Crippen MR) is 149 cm³/mol. The van der Waals surface area contributed by atoms with Gasteiger partial charge in [0.05, 0.1) is 25.0 Å². The molecule has 5 aliphatic rings. The van der Waals surface area contributed by atoms with Crippen molar-refractivity contribution >= 4 is 11.6 Å². The number of anilines is 2. The van der Waals surface area contributed by atoms with Gasteiger partial charge in [-0.1, -0.05) is 12.1 Å². The molecule has 5 fully saturated rings. The van der Waals surface area contributed by atoms with Gasteiger partial charge in [-0.05, 0) is 79.5 Å². The van der Waals surface area contributed by atoms with Crippen LogP contribution in [0.1, 0.15) is 43.8 Å². The lowest BCUT2D eigenvalue weighted by molar-refractivity contribution is -0.00123. The molecule has 4 saturated carbocycles. The smallest absolute Gasteiger partial charge is 0.255 e. The van der Waals surface area contributed by atoms with Crippen LogP contribution in [-0.4, -0.2) is 47.3 Å². The zero-order chi connectivity index (χ0) is 26.7. The van der Waals surface area contributed by atoms with Gasteiger partial charge in [0.1, 0.15) is 6.10 Å². The van der Waals surface area contributed by atoms with Crippen LogP contribution in [0.3, 0.4) is 0 Å². The van der Waals surface area contributed by atoms with Gasteiger partial charge in [0.25, 0.3) is 5.56 Å². The number of rotatable bonds is 5. The number of halogens is 1. The largest absolute Gasteiger partial charge is 0.371 e. The van der Waals surface area contributed by atoms with E-state index in [4.69, 9.17) is 9.72 Å². The zero-order valence-corrected chi connectivity index (χ0v) is 22.7. The third-order valence-electron chi connectivity index (χ3n) is 9.81. The molecule has 1 atom stereocenters. The summed E-state index contributed by atoms with van der Waals surface area (Å²) in [4.78, 5) is 25.9. The summed E-state index contributed by atoms with van der Waals surface area (Å²) in [7, 11) is 3.99. The standard InChI is InChI=1S/C31H36FN5O2/c1-35(30-22-12-19-11-20(14-22)15-23(30)13-19)24-5-3-21(4-6-24)28-18-37(9-10-39-28)31-34-27(16-29(38)36(31)2)25-7-8-33-17-26(25)32/h3-8,16-17,19-20,22-23,28,30H,9-15,18H2,1-2H3/t19?,20?,22?,23?,28-,30?/m1/s1. The van der Waals surface area contributed by atoms with E-state index < -0.39 is 5.82 Å². The average molecular weight is 530 g/mol. The highest BCUT2D eigenvalue weighted by molar-refractivity contribution is 5.60. The van der Waals surface area contributed by atoms with Gasteiger partial charge >= 0.3 is 0 Å². The van der Waals surface area contributed by atoms with Gasteiger partial charge in [0.2, 0.25) is 5.95 Å². The summed E-state index contributed by atoms with van der Waals surface area (Å²) >= 11 is 0. The molecule has 7 nitrogen and oxygen atoms in total. The van der Waals surface area contributed by atoms with Crippen molar-refractivity contribution in [3.63, 3.8) is 0 Å². The molecular weight excluding hydrogens is 493 g/mol. The summed E-state index contributed by atoms with van der Waals surface area (Å²) < 4.78 is 22.1. The highest BCUT2D eigenvalue weighted by atomic mass is 19.1. The number of hydrogen-bond acceptors (Lipinski definition) is 6. The molecule has 4 bridgehead atoms. The zero-order valence-electron chi connectivity index (χ0n) is 22.7. The lowest BCUT2D eigenvalue weighted by Gasteiger charge is -2.57. The van der Waals surface area contributed by atoms with Gasteiger partial charge in [0, 0.05) is 50.2 Å². The van der Waals surface area contributed by atoms with Crippen molar-refractivity contribution in [2.24, 2.45) is 30.7 Å². The second kappa shape index (κ2) is 9.73. The molecule has 0 amide bonds. The van der Waals surface area contributed by atoms with Crippen LogP contribution in [0, 0.1) is 29.5 Å². The molecule has 0 unspecified atom stereocenters. The van der Waals surface area contributed by atoms with Crippen LogP contribution in [0.4, 0.5) is 16.0 Å². The molecule has 1 saturated heterocycles. The molecule has 8 rings (SSSR count). The Morgan fingerprint density at radius 2 is 1.74 bits per heavy atom. The number of benzene rings is 1. The molecule has 1 aromatic carbocycles. The maximum atomic E-state index is 14.4. The van der Waals surface area contributed by atoms with E-state index in [9.17, 15) is 9.18 Å². The monoisotopic (exact) mass is 529 g/mol. The van der Waals surface area contributed by atoms with Crippen molar-refractivity contribution in [1.29, 1.82) is 0 Å². The van der Waals surface area contributed by atoms with Gasteiger partial charge in [-0.3, -0.25) is 14.3 Å². The van der Waals surface area contributed by atoms with Crippen molar-refractivity contribution in [2.75, 3.05) is 36.5 Å². The predicted octanol–water partition coefficient (Wildman–Crippen LogP) is 4.82. The van der Waals surface area contributed by atoms with E-state index in [1.54, 1.807) is 13.1 Å². The first-order valence-electron chi connectivity index (χ1n) is 14.3. The van der Waals surface area contributed by atoms with Crippen LogP contribution in [0.5, 0.6) is 0 Å². The van der Waals surface area contributed by atoms with E-state index in [1.165, 1.54) is 54.6 Å². The van der Waals surface area contributed by atoms with E-state index in [-0.39, 0.29) is 17.2 Å². The molecule has 1 aliphatic heterocycles. The number of ether oxygens (including phenoxy) is 1. The van der Waals surface area contributed by atoms with Crippen LogP contribution >= 0.6 is 0 Å². The first kappa shape index (κ1) is 24.8. The van der Waals surface area contributed by atoms with Crippen molar-refractivity contribution in [1.82, 2.24) is 14.5 Å². The number of nitrogens with zero attached hydrogens (tertiary/aromatic N) is 5. The molecule has 0 radical (unpaired) electrons. The third-order valence-corrected chi connectivity index (χ3v) is 9.81. The summed E-state index contributed by atoms with van der Waals surface area (Å²) in [5.74, 6) is 3.66. The Morgan fingerprint density at radius 1 is 1.03 bits per heavy atom. The summed E-state index contributed by atoms with van der Waals surface area (Å²) in [6.45, 7) is 1.68. The molecule has 0 N–H and O–H groups in total. The molecule has 204 valence electrons. The minimum atomic E-state index is -0.497. The number of pyridine rings is 1. The molecule has 39 heavy (non-hydrogen) atoms. The topological polar surface area (TPSA) is 63.5 Å². The number of hydrogen-bond donors (Lipinski definition) is 0. The van der Waals surface area contributed by atoms with E-state index in [1.807, 2.05) is 0 Å². The minimum absolute atomic E-state index is 0.141. The highest BCUT2D eigenvalue weighted by Crippen LogP contribution is 2.55. The van der Waals surface area contributed by atoms with Crippen molar-refractivity contribution < 1.29 is 9.13 Å².